The van der Waals surface area contributed by atoms with Crippen molar-refractivity contribution >= 4 is 16.5 Å². The quantitative estimate of drug-likeness (QED) is 0.786. The molecular weight excluding hydrogens is 254 g/mol. The highest BCUT2D eigenvalue weighted by atomic mass is 32.1. The second-order valence-electron chi connectivity index (χ2n) is 5.44. The number of thiazole rings is 1. The first-order valence-corrected chi connectivity index (χ1v) is 8.45. The smallest absolute Gasteiger partial charge is 0.185 e. The molecule has 0 spiro atoms. The van der Waals surface area contributed by atoms with E-state index in [-0.39, 0.29) is 0 Å². The van der Waals surface area contributed by atoms with Crippen molar-refractivity contribution in [2.75, 3.05) is 18.5 Å². The molecule has 1 heterocycles. The van der Waals surface area contributed by atoms with Gasteiger partial charge in [0.25, 0.3) is 0 Å². The van der Waals surface area contributed by atoms with Crippen molar-refractivity contribution in [3.63, 3.8) is 0 Å². The average Bonchev–Trinajstić information content (AvgIpc) is 3.18. The molecule has 0 atom stereocenters. The molecule has 2 rings (SSSR count). The van der Waals surface area contributed by atoms with Crippen molar-refractivity contribution in [3.05, 3.63) is 10.6 Å². The Balaban J connectivity index is 2.16. The van der Waals surface area contributed by atoms with Gasteiger partial charge >= 0.3 is 0 Å². The molecule has 19 heavy (non-hydrogen) atoms. The first-order chi connectivity index (χ1) is 9.21. The molecule has 0 bridgehead atoms. The predicted octanol–water partition coefficient (Wildman–Crippen LogP) is 3.75. The first-order valence-electron chi connectivity index (χ1n) is 7.64. The van der Waals surface area contributed by atoms with E-state index in [0.717, 1.165) is 19.0 Å². The fourth-order valence-electron chi connectivity index (χ4n) is 2.54. The Morgan fingerprint density at radius 2 is 2.00 bits per heavy atom. The van der Waals surface area contributed by atoms with Gasteiger partial charge in [-0.3, -0.25) is 0 Å². The summed E-state index contributed by atoms with van der Waals surface area (Å²) in [4.78, 5) is 8.78. The molecule has 0 aliphatic heterocycles. The lowest BCUT2D eigenvalue weighted by Crippen LogP contribution is -2.30. The Labute approximate surface area is 121 Å². The van der Waals surface area contributed by atoms with Crippen LogP contribution in [0.25, 0.3) is 0 Å². The highest BCUT2D eigenvalue weighted by molar-refractivity contribution is 7.15. The zero-order valence-corrected chi connectivity index (χ0v) is 13.5. The van der Waals surface area contributed by atoms with Gasteiger partial charge in [-0.25, -0.2) is 4.98 Å². The Hall–Kier alpha value is -0.610. The van der Waals surface area contributed by atoms with E-state index < -0.39 is 0 Å². The Morgan fingerprint density at radius 3 is 2.53 bits per heavy atom. The molecule has 1 aromatic heterocycles. The third-order valence-electron chi connectivity index (χ3n) is 4.01. The van der Waals surface area contributed by atoms with Gasteiger partial charge in [0.2, 0.25) is 0 Å². The van der Waals surface area contributed by atoms with E-state index in [4.69, 9.17) is 4.98 Å². The van der Waals surface area contributed by atoms with Crippen LogP contribution in [0.2, 0.25) is 0 Å². The molecule has 0 radical (unpaired) electrons. The number of rotatable bonds is 8. The number of hydrogen-bond acceptors (Lipinski definition) is 4. The summed E-state index contributed by atoms with van der Waals surface area (Å²) < 4.78 is 0. The van der Waals surface area contributed by atoms with Crippen LogP contribution in [0.5, 0.6) is 0 Å². The van der Waals surface area contributed by atoms with Crippen molar-refractivity contribution in [1.29, 1.82) is 0 Å². The van der Waals surface area contributed by atoms with Crippen LogP contribution in [0.4, 0.5) is 5.13 Å². The van der Waals surface area contributed by atoms with Gasteiger partial charge in [-0.1, -0.05) is 20.8 Å². The van der Waals surface area contributed by atoms with Gasteiger partial charge < -0.3 is 10.2 Å². The van der Waals surface area contributed by atoms with Crippen LogP contribution >= 0.6 is 11.3 Å². The Kier molecular flexibility index (Phi) is 5.22. The Morgan fingerprint density at radius 1 is 1.32 bits per heavy atom. The second-order valence-corrected chi connectivity index (χ2v) is 6.50. The predicted molar refractivity (Wildman–Crippen MR) is 84.2 cm³/mol. The van der Waals surface area contributed by atoms with Gasteiger partial charge in [0.15, 0.2) is 5.13 Å². The van der Waals surface area contributed by atoms with Gasteiger partial charge in [-0.05, 0) is 32.2 Å². The summed E-state index contributed by atoms with van der Waals surface area (Å²) in [6, 6.07) is 0.616. The summed E-state index contributed by atoms with van der Waals surface area (Å²) in [5.41, 5.74) is 1.37. The first kappa shape index (κ1) is 14.8. The zero-order chi connectivity index (χ0) is 13.8. The molecule has 1 aliphatic rings. The number of aromatic nitrogens is 1. The van der Waals surface area contributed by atoms with E-state index >= 15 is 0 Å². The molecule has 1 saturated carbocycles. The van der Waals surface area contributed by atoms with Gasteiger partial charge in [0.05, 0.1) is 5.69 Å². The summed E-state index contributed by atoms with van der Waals surface area (Å²) in [5, 5.41) is 4.66. The van der Waals surface area contributed by atoms with E-state index in [1.165, 1.54) is 41.4 Å². The summed E-state index contributed by atoms with van der Waals surface area (Å²) in [6.45, 7) is 8.70. The lowest BCUT2D eigenvalue weighted by molar-refractivity contribution is 0.590. The van der Waals surface area contributed by atoms with Crippen LogP contribution in [-0.2, 0) is 6.54 Å². The molecule has 4 heteroatoms. The highest BCUT2D eigenvalue weighted by Crippen LogP contribution is 2.44. The normalized spacial score (nSPS) is 15.2. The van der Waals surface area contributed by atoms with Crippen molar-refractivity contribution in [2.24, 2.45) is 0 Å². The zero-order valence-electron chi connectivity index (χ0n) is 12.7. The van der Waals surface area contributed by atoms with Crippen molar-refractivity contribution in [2.45, 2.75) is 65.0 Å². The molecule has 108 valence electrons. The number of nitrogens with zero attached hydrogens (tertiary/aromatic N) is 2. The monoisotopic (exact) mass is 281 g/mol. The van der Waals surface area contributed by atoms with E-state index in [1.54, 1.807) is 0 Å². The fraction of sp³-hybridized carbons (Fsp3) is 0.800. The summed E-state index contributed by atoms with van der Waals surface area (Å²) in [6.07, 6.45) is 5.04. The van der Waals surface area contributed by atoms with Crippen LogP contribution in [0.1, 0.15) is 62.9 Å². The largest absolute Gasteiger partial charge is 0.348 e. The maximum atomic E-state index is 4.95. The fourth-order valence-corrected chi connectivity index (χ4v) is 3.68. The lowest BCUT2D eigenvalue weighted by Gasteiger charge is -2.25. The van der Waals surface area contributed by atoms with E-state index in [0.29, 0.717) is 6.04 Å². The number of nitrogens with one attached hydrogen (secondary N) is 1. The standard InChI is InChI=1S/C15H27N3S/c1-5-12(6-2)18(4)15-17-14(11-8-9-11)13(19-15)10-16-7-3/h11-12,16H,5-10H2,1-4H3. The topological polar surface area (TPSA) is 28.2 Å². The van der Waals surface area contributed by atoms with Crippen molar-refractivity contribution in [3.8, 4) is 0 Å². The lowest BCUT2D eigenvalue weighted by atomic mass is 10.1. The van der Waals surface area contributed by atoms with Gasteiger partial charge in [0, 0.05) is 30.4 Å². The van der Waals surface area contributed by atoms with Crippen molar-refractivity contribution < 1.29 is 0 Å². The molecule has 1 aromatic rings. The van der Waals surface area contributed by atoms with Crippen LogP contribution in [0.3, 0.4) is 0 Å². The molecular formula is C15H27N3S. The Bertz CT molecular complexity index is 394. The average molecular weight is 281 g/mol. The number of hydrogen-bond donors (Lipinski definition) is 1. The van der Waals surface area contributed by atoms with E-state index in [2.05, 4.69) is 38.0 Å². The minimum atomic E-state index is 0.616. The van der Waals surface area contributed by atoms with Gasteiger partial charge in [-0.15, -0.1) is 11.3 Å². The summed E-state index contributed by atoms with van der Waals surface area (Å²) >= 11 is 1.89. The van der Waals surface area contributed by atoms with Crippen LogP contribution in [0.15, 0.2) is 0 Å². The molecule has 1 fully saturated rings. The van der Waals surface area contributed by atoms with E-state index in [9.17, 15) is 0 Å². The van der Waals surface area contributed by atoms with Crippen molar-refractivity contribution in [1.82, 2.24) is 10.3 Å². The minimum absolute atomic E-state index is 0.616. The third kappa shape index (κ3) is 3.48. The molecule has 0 amide bonds. The maximum Gasteiger partial charge on any atom is 0.185 e. The third-order valence-corrected chi connectivity index (χ3v) is 5.17. The molecule has 0 saturated heterocycles. The SMILES string of the molecule is CCNCc1sc(N(C)C(CC)CC)nc1C1CC1. The molecule has 0 unspecified atom stereocenters. The molecule has 3 nitrogen and oxygen atoms in total. The molecule has 1 N–H and O–H groups in total. The van der Waals surface area contributed by atoms with E-state index in [1.807, 2.05) is 11.3 Å². The second kappa shape index (κ2) is 6.71. The van der Waals surface area contributed by atoms with Gasteiger partial charge in [0.1, 0.15) is 0 Å². The summed E-state index contributed by atoms with van der Waals surface area (Å²) in [5.74, 6) is 0.744. The van der Waals surface area contributed by atoms with Crippen LogP contribution < -0.4 is 10.2 Å². The minimum Gasteiger partial charge on any atom is -0.348 e. The highest BCUT2D eigenvalue weighted by Gasteiger charge is 2.30. The number of anilines is 1. The van der Waals surface area contributed by atoms with Crippen LogP contribution in [-0.4, -0.2) is 24.6 Å². The van der Waals surface area contributed by atoms with Crippen LogP contribution in [0, 0.1) is 0 Å². The van der Waals surface area contributed by atoms with Gasteiger partial charge in [-0.2, -0.15) is 0 Å². The molecule has 0 aromatic carbocycles. The maximum absolute atomic E-state index is 4.95. The molecule has 1 aliphatic carbocycles. The summed E-state index contributed by atoms with van der Waals surface area (Å²) in [7, 11) is 2.20.